The second-order valence-corrected chi connectivity index (χ2v) is 6.87. The van der Waals surface area contributed by atoms with Gasteiger partial charge >= 0.3 is 0 Å². The van der Waals surface area contributed by atoms with Crippen LogP contribution in [0, 0.1) is 0 Å². The molecular formula is C17H19N7O. The lowest BCUT2D eigenvalue weighted by Crippen LogP contribution is -2.37. The van der Waals surface area contributed by atoms with Crippen molar-refractivity contribution in [2.45, 2.75) is 44.2 Å². The number of fused-ring (bicyclic) bond motifs is 1. The molecule has 4 heterocycles. The molecule has 2 fully saturated rings. The molecule has 1 aliphatic heterocycles. The first-order chi connectivity index (χ1) is 12.3. The Morgan fingerprint density at radius 2 is 2.00 bits per heavy atom. The van der Waals surface area contributed by atoms with E-state index in [0.29, 0.717) is 12.5 Å². The smallest absolute Gasteiger partial charge is 0.266 e. The standard InChI is InChI=1S/C17H19N7O/c25-17-8-5-14(12-3-4-12)20-23(17)10-13-2-1-9-22(13)16-7-6-15-19-18-11-24(15)21-16/h5-8,11-13H,1-4,9-10H2. The van der Waals surface area contributed by atoms with Crippen molar-refractivity contribution < 1.29 is 0 Å². The van der Waals surface area contributed by atoms with E-state index in [-0.39, 0.29) is 11.6 Å². The van der Waals surface area contributed by atoms with Gasteiger partial charge in [0.2, 0.25) is 0 Å². The van der Waals surface area contributed by atoms with Gasteiger partial charge in [0.25, 0.3) is 5.56 Å². The highest BCUT2D eigenvalue weighted by molar-refractivity contribution is 5.46. The summed E-state index contributed by atoms with van der Waals surface area (Å²) in [6, 6.07) is 7.65. The summed E-state index contributed by atoms with van der Waals surface area (Å²) in [5.74, 6) is 1.44. The molecular weight excluding hydrogens is 318 g/mol. The lowest BCUT2D eigenvalue weighted by molar-refractivity contribution is 0.480. The van der Waals surface area contributed by atoms with Gasteiger partial charge in [-0.25, -0.2) is 4.68 Å². The third-order valence-electron chi connectivity index (χ3n) is 5.09. The van der Waals surface area contributed by atoms with Crippen LogP contribution in [-0.2, 0) is 6.54 Å². The normalized spacial score (nSPS) is 20.5. The number of aromatic nitrogens is 6. The highest BCUT2D eigenvalue weighted by Crippen LogP contribution is 2.38. The Bertz CT molecular complexity index is 974. The van der Waals surface area contributed by atoms with E-state index in [9.17, 15) is 4.79 Å². The third kappa shape index (κ3) is 2.67. The van der Waals surface area contributed by atoms with Gasteiger partial charge in [0.05, 0.1) is 18.3 Å². The first-order valence-corrected chi connectivity index (χ1v) is 8.80. The second kappa shape index (κ2) is 5.65. The van der Waals surface area contributed by atoms with E-state index in [0.717, 1.165) is 36.5 Å². The van der Waals surface area contributed by atoms with E-state index in [4.69, 9.17) is 0 Å². The molecule has 8 heteroatoms. The number of hydrogen-bond donors (Lipinski definition) is 0. The minimum Gasteiger partial charge on any atom is -0.350 e. The van der Waals surface area contributed by atoms with Crippen LogP contribution in [0.15, 0.2) is 35.4 Å². The molecule has 2 aliphatic rings. The predicted molar refractivity (Wildman–Crippen MR) is 91.6 cm³/mol. The van der Waals surface area contributed by atoms with Crippen LogP contribution in [0.3, 0.4) is 0 Å². The average molecular weight is 337 g/mol. The Kier molecular flexibility index (Phi) is 3.29. The Morgan fingerprint density at radius 1 is 1.08 bits per heavy atom. The fourth-order valence-electron chi connectivity index (χ4n) is 3.59. The van der Waals surface area contributed by atoms with Gasteiger partial charge < -0.3 is 4.90 Å². The van der Waals surface area contributed by atoms with Crippen LogP contribution in [0.5, 0.6) is 0 Å². The van der Waals surface area contributed by atoms with E-state index >= 15 is 0 Å². The Balaban J connectivity index is 1.43. The first kappa shape index (κ1) is 14.6. The molecule has 3 aromatic heterocycles. The zero-order chi connectivity index (χ0) is 16.8. The summed E-state index contributed by atoms with van der Waals surface area (Å²) in [7, 11) is 0. The van der Waals surface area contributed by atoms with E-state index in [1.54, 1.807) is 21.6 Å². The predicted octanol–water partition coefficient (Wildman–Crippen LogP) is 1.23. The molecule has 0 radical (unpaired) electrons. The third-order valence-corrected chi connectivity index (χ3v) is 5.09. The van der Waals surface area contributed by atoms with Crippen molar-refractivity contribution in [1.29, 1.82) is 0 Å². The summed E-state index contributed by atoms with van der Waals surface area (Å²) in [5.41, 5.74) is 1.75. The molecule has 1 unspecified atom stereocenters. The minimum atomic E-state index is -0.0292. The summed E-state index contributed by atoms with van der Waals surface area (Å²) >= 11 is 0. The number of rotatable bonds is 4. The second-order valence-electron chi connectivity index (χ2n) is 6.87. The van der Waals surface area contributed by atoms with Crippen LogP contribution >= 0.6 is 0 Å². The van der Waals surface area contributed by atoms with Gasteiger partial charge in [0, 0.05) is 18.5 Å². The van der Waals surface area contributed by atoms with Gasteiger partial charge in [-0.2, -0.15) is 9.61 Å². The molecule has 0 spiro atoms. The van der Waals surface area contributed by atoms with Gasteiger partial charge in [-0.1, -0.05) is 0 Å². The molecule has 1 saturated carbocycles. The highest BCUT2D eigenvalue weighted by atomic mass is 16.1. The highest BCUT2D eigenvalue weighted by Gasteiger charge is 2.29. The van der Waals surface area contributed by atoms with Gasteiger partial charge in [0.1, 0.15) is 12.1 Å². The van der Waals surface area contributed by atoms with Gasteiger partial charge in [-0.15, -0.1) is 15.3 Å². The summed E-state index contributed by atoms with van der Waals surface area (Å²) in [6.45, 7) is 1.53. The molecule has 0 bridgehead atoms. The molecule has 0 N–H and O–H groups in total. The number of anilines is 1. The average Bonchev–Trinajstić information content (AvgIpc) is 3.19. The minimum absolute atomic E-state index is 0.0292. The van der Waals surface area contributed by atoms with Crippen molar-refractivity contribution in [2.24, 2.45) is 0 Å². The molecule has 0 amide bonds. The fourth-order valence-corrected chi connectivity index (χ4v) is 3.59. The first-order valence-electron chi connectivity index (χ1n) is 8.80. The topological polar surface area (TPSA) is 81.2 Å². The van der Waals surface area contributed by atoms with Crippen LogP contribution in [0.4, 0.5) is 5.82 Å². The fraction of sp³-hybridized carbons (Fsp3) is 0.471. The summed E-state index contributed by atoms with van der Waals surface area (Å²) in [4.78, 5) is 14.5. The molecule has 25 heavy (non-hydrogen) atoms. The molecule has 8 nitrogen and oxygen atoms in total. The monoisotopic (exact) mass is 337 g/mol. The number of nitrogens with zero attached hydrogens (tertiary/aromatic N) is 7. The number of hydrogen-bond acceptors (Lipinski definition) is 6. The Hall–Kier alpha value is -2.77. The van der Waals surface area contributed by atoms with E-state index in [2.05, 4.69) is 25.3 Å². The van der Waals surface area contributed by atoms with Crippen molar-refractivity contribution in [3.8, 4) is 0 Å². The van der Waals surface area contributed by atoms with Crippen molar-refractivity contribution >= 4 is 11.5 Å². The Morgan fingerprint density at radius 3 is 2.88 bits per heavy atom. The zero-order valence-corrected chi connectivity index (χ0v) is 13.8. The Labute approximate surface area is 144 Å². The quantitative estimate of drug-likeness (QED) is 0.712. The van der Waals surface area contributed by atoms with Crippen LogP contribution in [0.2, 0.25) is 0 Å². The van der Waals surface area contributed by atoms with E-state index < -0.39 is 0 Å². The van der Waals surface area contributed by atoms with Gasteiger partial charge in [-0.05, 0) is 43.9 Å². The largest absolute Gasteiger partial charge is 0.350 e. The molecule has 1 aliphatic carbocycles. The lowest BCUT2D eigenvalue weighted by Gasteiger charge is -2.25. The zero-order valence-electron chi connectivity index (χ0n) is 13.8. The van der Waals surface area contributed by atoms with Gasteiger partial charge in [-0.3, -0.25) is 4.79 Å². The van der Waals surface area contributed by atoms with Crippen molar-refractivity contribution in [2.75, 3.05) is 11.4 Å². The molecule has 0 aromatic carbocycles. The maximum atomic E-state index is 12.2. The summed E-state index contributed by atoms with van der Waals surface area (Å²) in [5, 5.41) is 17.1. The van der Waals surface area contributed by atoms with Crippen LogP contribution < -0.4 is 10.5 Å². The van der Waals surface area contributed by atoms with Gasteiger partial charge in [0.15, 0.2) is 5.65 Å². The van der Waals surface area contributed by atoms with Crippen LogP contribution in [0.25, 0.3) is 5.65 Å². The van der Waals surface area contributed by atoms with Crippen molar-refractivity contribution in [3.63, 3.8) is 0 Å². The lowest BCUT2D eigenvalue weighted by atomic mass is 10.2. The van der Waals surface area contributed by atoms with Crippen molar-refractivity contribution in [1.82, 2.24) is 29.6 Å². The molecule has 1 saturated heterocycles. The van der Waals surface area contributed by atoms with Crippen LogP contribution in [0.1, 0.15) is 37.3 Å². The van der Waals surface area contributed by atoms with Crippen molar-refractivity contribution in [3.05, 3.63) is 46.6 Å². The van der Waals surface area contributed by atoms with E-state index in [1.165, 1.54) is 12.8 Å². The SMILES string of the molecule is O=c1ccc(C2CC2)nn1CC1CCCN1c1ccc2nncn2n1. The maximum absolute atomic E-state index is 12.2. The van der Waals surface area contributed by atoms with E-state index in [1.807, 2.05) is 18.2 Å². The summed E-state index contributed by atoms with van der Waals surface area (Å²) in [6.07, 6.45) is 6.09. The molecule has 1 atom stereocenters. The molecule has 3 aromatic rings. The maximum Gasteiger partial charge on any atom is 0.266 e. The molecule has 5 rings (SSSR count). The molecule has 128 valence electrons. The van der Waals surface area contributed by atoms with Crippen LogP contribution in [-0.4, -0.2) is 42.2 Å². The summed E-state index contributed by atoms with van der Waals surface area (Å²) < 4.78 is 3.32.